The number of hydrogen-bond donors (Lipinski definition) is 1. The van der Waals surface area contributed by atoms with E-state index in [9.17, 15) is 0 Å². The van der Waals surface area contributed by atoms with Gasteiger partial charge in [-0.25, -0.2) is 0 Å². The van der Waals surface area contributed by atoms with E-state index in [2.05, 4.69) is 47.1 Å². The van der Waals surface area contributed by atoms with Crippen molar-refractivity contribution in [3.05, 3.63) is 35.9 Å². The van der Waals surface area contributed by atoms with E-state index >= 15 is 0 Å². The number of hydrogen-bond acceptors (Lipinski definition) is 3. The Labute approximate surface area is 129 Å². The van der Waals surface area contributed by atoms with Gasteiger partial charge >= 0.3 is 0 Å². The van der Waals surface area contributed by atoms with Crippen LogP contribution in [0.3, 0.4) is 0 Å². The van der Waals surface area contributed by atoms with Crippen LogP contribution in [0.4, 0.5) is 0 Å². The van der Waals surface area contributed by atoms with Gasteiger partial charge in [-0.15, -0.1) is 0 Å². The van der Waals surface area contributed by atoms with Crippen LogP contribution in [0.25, 0.3) is 0 Å². The van der Waals surface area contributed by atoms with Crippen molar-refractivity contribution in [1.29, 1.82) is 0 Å². The van der Waals surface area contributed by atoms with E-state index in [-0.39, 0.29) is 0 Å². The lowest BCUT2D eigenvalue weighted by Crippen LogP contribution is -2.61. The lowest BCUT2D eigenvalue weighted by molar-refractivity contribution is 0.0144. The molecule has 1 aromatic rings. The molecule has 1 saturated carbocycles. The van der Waals surface area contributed by atoms with Crippen LogP contribution >= 0.6 is 0 Å². The average molecular weight is 287 g/mol. The van der Waals surface area contributed by atoms with Crippen LogP contribution in [-0.4, -0.2) is 48.1 Å². The second kappa shape index (κ2) is 6.47. The third-order valence-electron chi connectivity index (χ3n) is 5.77. The van der Waals surface area contributed by atoms with E-state index in [4.69, 9.17) is 5.73 Å². The fourth-order valence-electron chi connectivity index (χ4n) is 4.32. The maximum absolute atomic E-state index is 6.19. The summed E-state index contributed by atoms with van der Waals surface area (Å²) in [6, 6.07) is 10.8. The lowest BCUT2D eigenvalue weighted by atomic mass is 9.85. The Hall–Kier alpha value is -0.900. The van der Waals surface area contributed by atoms with Crippen molar-refractivity contribution < 1.29 is 0 Å². The van der Waals surface area contributed by atoms with Gasteiger partial charge in [0, 0.05) is 44.8 Å². The van der Waals surface area contributed by atoms with Crippen LogP contribution in [0.5, 0.6) is 0 Å². The first kappa shape index (κ1) is 15.0. The summed E-state index contributed by atoms with van der Waals surface area (Å²) in [4.78, 5) is 5.28. The molecule has 0 aromatic heterocycles. The number of rotatable bonds is 4. The minimum absolute atomic E-state index is 0.291. The molecule has 0 amide bonds. The minimum Gasteiger partial charge on any atom is -0.329 e. The van der Waals surface area contributed by atoms with E-state index in [0.717, 1.165) is 19.0 Å². The molecule has 1 heterocycles. The van der Waals surface area contributed by atoms with Gasteiger partial charge in [0.1, 0.15) is 0 Å². The van der Waals surface area contributed by atoms with Crippen molar-refractivity contribution in [1.82, 2.24) is 9.80 Å². The van der Waals surface area contributed by atoms with Gasteiger partial charge in [0.25, 0.3) is 0 Å². The van der Waals surface area contributed by atoms with Crippen molar-refractivity contribution in [2.45, 2.75) is 38.3 Å². The van der Waals surface area contributed by atoms with Crippen LogP contribution in [0, 0.1) is 5.92 Å². The first-order valence-corrected chi connectivity index (χ1v) is 8.46. The molecule has 21 heavy (non-hydrogen) atoms. The maximum Gasteiger partial charge on any atom is 0.0358 e. The molecule has 1 aliphatic carbocycles. The molecule has 0 bridgehead atoms. The minimum atomic E-state index is 0.291. The summed E-state index contributed by atoms with van der Waals surface area (Å²) in [5, 5.41) is 0. The molecule has 2 fully saturated rings. The number of nitrogens with two attached hydrogens (primary N) is 1. The van der Waals surface area contributed by atoms with E-state index < -0.39 is 0 Å². The highest BCUT2D eigenvalue weighted by Gasteiger charge is 2.44. The normalized spacial score (nSPS) is 31.6. The van der Waals surface area contributed by atoms with Crippen molar-refractivity contribution >= 4 is 0 Å². The summed E-state index contributed by atoms with van der Waals surface area (Å²) >= 11 is 0. The van der Waals surface area contributed by atoms with Crippen molar-refractivity contribution in [3.8, 4) is 0 Å². The highest BCUT2D eigenvalue weighted by atomic mass is 15.3. The number of nitrogens with zero attached hydrogens (tertiary/aromatic N) is 2. The summed E-state index contributed by atoms with van der Waals surface area (Å²) in [6.45, 7) is 9.00. The molecule has 1 aromatic carbocycles. The molecular weight excluding hydrogens is 258 g/mol. The van der Waals surface area contributed by atoms with Gasteiger partial charge in [-0.05, 0) is 24.3 Å². The Balaban J connectivity index is 1.57. The van der Waals surface area contributed by atoms with E-state index in [1.165, 1.54) is 51.0 Å². The molecule has 116 valence electrons. The Morgan fingerprint density at radius 2 is 1.86 bits per heavy atom. The van der Waals surface area contributed by atoms with Crippen molar-refractivity contribution in [2.75, 3.05) is 32.7 Å². The summed E-state index contributed by atoms with van der Waals surface area (Å²) in [5.74, 6) is 0.753. The van der Waals surface area contributed by atoms with Gasteiger partial charge in [-0.3, -0.25) is 9.80 Å². The maximum atomic E-state index is 6.19. The molecule has 3 nitrogen and oxygen atoms in total. The van der Waals surface area contributed by atoms with Gasteiger partial charge in [-0.2, -0.15) is 0 Å². The molecule has 0 radical (unpaired) electrons. The third-order valence-corrected chi connectivity index (χ3v) is 5.77. The number of benzene rings is 1. The van der Waals surface area contributed by atoms with Gasteiger partial charge in [0.2, 0.25) is 0 Å². The molecule has 2 N–H and O–H groups in total. The largest absolute Gasteiger partial charge is 0.329 e. The molecule has 1 aliphatic heterocycles. The topological polar surface area (TPSA) is 32.5 Å². The Morgan fingerprint density at radius 3 is 2.43 bits per heavy atom. The fraction of sp³-hybridized carbons (Fsp3) is 0.667. The summed E-state index contributed by atoms with van der Waals surface area (Å²) in [6.07, 6.45) is 3.99. The monoisotopic (exact) mass is 287 g/mol. The molecule has 3 rings (SSSR count). The van der Waals surface area contributed by atoms with E-state index in [0.29, 0.717) is 5.54 Å². The Bertz CT molecular complexity index is 439. The van der Waals surface area contributed by atoms with Gasteiger partial charge in [-0.1, -0.05) is 43.7 Å². The predicted molar refractivity (Wildman–Crippen MR) is 88.1 cm³/mol. The first-order chi connectivity index (χ1) is 10.2. The molecule has 2 atom stereocenters. The molecule has 2 aliphatic rings. The summed E-state index contributed by atoms with van der Waals surface area (Å²) in [5.41, 5.74) is 7.91. The van der Waals surface area contributed by atoms with E-state index in [1.807, 2.05) is 0 Å². The SMILES string of the molecule is CC1CCCC1(CN)N1CCN(Cc2ccccc2)CC1. The first-order valence-electron chi connectivity index (χ1n) is 8.46. The van der Waals surface area contributed by atoms with Crippen LogP contribution in [0.1, 0.15) is 31.7 Å². The van der Waals surface area contributed by atoms with Crippen LogP contribution in [0.15, 0.2) is 30.3 Å². The van der Waals surface area contributed by atoms with Crippen molar-refractivity contribution in [2.24, 2.45) is 11.7 Å². The molecular formula is C18H29N3. The summed E-state index contributed by atoms with van der Waals surface area (Å²) in [7, 11) is 0. The number of piperazine rings is 1. The van der Waals surface area contributed by atoms with E-state index in [1.54, 1.807) is 0 Å². The highest BCUT2D eigenvalue weighted by molar-refractivity contribution is 5.14. The fourth-order valence-corrected chi connectivity index (χ4v) is 4.32. The van der Waals surface area contributed by atoms with Gasteiger partial charge in [0.15, 0.2) is 0 Å². The molecule has 1 saturated heterocycles. The third kappa shape index (κ3) is 3.01. The molecule has 3 heteroatoms. The standard InChI is InChI=1S/C18H29N3/c1-16-6-5-9-18(16,15-19)21-12-10-20(11-13-21)14-17-7-3-2-4-8-17/h2-4,7-8,16H,5-6,9-15,19H2,1H3. The zero-order valence-corrected chi connectivity index (χ0v) is 13.3. The Morgan fingerprint density at radius 1 is 1.14 bits per heavy atom. The van der Waals surface area contributed by atoms with Crippen LogP contribution in [0.2, 0.25) is 0 Å². The van der Waals surface area contributed by atoms with Gasteiger partial charge < -0.3 is 5.73 Å². The van der Waals surface area contributed by atoms with Gasteiger partial charge in [0.05, 0.1) is 0 Å². The molecule has 2 unspecified atom stereocenters. The molecule has 0 spiro atoms. The Kier molecular flexibility index (Phi) is 4.63. The zero-order chi connectivity index (χ0) is 14.7. The summed E-state index contributed by atoms with van der Waals surface area (Å²) < 4.78 is 0. The smallest absolute Gasteiger partial charge is 0.0358 e. The highest BCUT2D eigenvalue weighted by Crippen LogP contribution is 2.40. The van der Waals surface area contributed by atoms with Crippen LogP contribution in [-0.2, 0) is 6.54 Å². The quantitative estimate of drug-likeness (QED) is 0.922. The predicted octanol–water partition coefficient (Wildman–Crippen LogP) is 2.32. The van der Waals surface area contributed by atoms with Crippen molar-refractivity contribution in [3.63, 3.8) is 0 Å². The van der Waals surface area contributed by atoms with Crippen LogP contribution < -0.4 is 5.73 Å². The lowest BCUT2D eigenvalue weighted by Gasteiger charge is -2.48. The average Bonchev–Trinajstić information content (AvgIpc) is 2.91. The second-order valence-electron chi connectivity index (χ2n) is 6.85. The zero-order valence-electron chi connectivity index (χ0n) is 13.3. The second-order valence-corrected chi connectivity index (χ2v) is 6.85.